The zero-order chi connectivity index (χ0) is 37.5. The van der Waals surface area contributed by atoms with Crippen LogP contribution in [0.3, 0.4) is 0 Å². The SMILES string of the molecule is CCC(=O)O[C@]1(C(=O)COC(=O)N(C)CCN(C)C(=O)OCc2ccc(N)cc2)[C@@H](C)CC2[C@@H]3CCC4=CC(=O)C=C[C@]4(C)[C@@]3(Cl)[C@@H](O)C[C@@]21C. The van der Waals surface area contributed by atoms with Gasteiger partial charge in [0, 0.05) is 56.0 Å². The number of ketones is 2. The third-order valence-electron chi connectivity index (χ3n) is 12.2. The first kappa shape index (κ1) is 38.3. The highest BCUT2D eigenvalue weighted by atomic mass is 35.5. The predicted molar refractivity (Wildman–Crippen MR) is 189 cm³/mol. The van der Waals surface area contributed by atoms with E-state index in [1.807, 2.05) is 26.8 Å². The van der Waals surface area contributed by atoms with Crippen LogP contribution in [0.25, 0.3) is 0 Å². The number of Topliss-reactive ketones (excluding diaryl/α,β-unsaturated/α-hetero) is 1. The fraction of sp³-hybridized carbons (Fsp3) is 0.605. The molecule has 3 saturated carbocycles. The Morgan fingerprint density at radius 1 is 1.02 bits per heavy atom. The first-order chi connectivity index (χ1) is 23.9. The van der Waals surface area contributed by atoms with Crippen LogP contribution in [-0.2, 0) is 35.2 Å². The molecule has 4 aliphatic rings. The number of aliphatic hydroxyl groups is 1. The number of ether oxygens (including phenoxy) is 3. The number of carbonyl (C=O) groups excluding carboxylic acids is 5. The number of aliphatic hydroxyl groups excluding tert-OH is 1. The number of amides is 2. The number of hydrogen-bond acceptors (Lipinski definition) is 10. The fourth-order valence-electron chi connectivity index (χ4n) is 9.35. The number of esters is 1. The molecule has 1 aromatic carbocycles. The first-order valence-corrected chi connectivity index (χ1v) is 18.0. The summed E-state index contributed by atoms with van der Waals surface area (Å²) in [4.78, 5) is 66.8. The molecule has 0 aromatic heterocycles. The van der Waals surface area contributed by atoms with E-state index in [1.165, 1.54) is 22.9 Å². The standard InChI is InChI=1S/C38H50ClN3O9/c1-7-32(46)51-38(31(45)22-50-34(48)42(6)17-16-41(5)33(47)49-21-24-8-11-26(40)12-9-24)23(2)18-29-28-13-10-25-19-27(43)14-15-35(25,3)37(28,39)30(44)20-36(29,38)4/h8-9,11-12,14-15,19,23,28-30,44H,7,10,13,16-18,20-22,40H2,1-6H3/t23-,28-,29?,30-,35-,36-,37-,38-/m0/s1. The van der Waals surface area contributed by atoms with Gasteiger partial charge in [-0.25, -0.2) is 9.59 Å². The summed E-state index contributed by atoms with van der Waals surface area (Å²) < 4.78 is 17.0. The quantitative estimate of drug-likeness (QED) is 0.144. The number of nitrogens with two attached hydrogens (primary N) is 1. The molecular weight excluding hydrogens is 678 g/mol. The molecule has 4 aliphatic carbocycles. The van der Waals surface area contributed by atoms with E-state index in [1.54, 1.807) is 44.3 Å². The van der Waals surface area contributed by atoms with E-state index in [4.69, 9.17) is 31.5 Å². The Balaban J connectivity index is 1.28. The van der Waals surface area contributed by atoms with Crippen LogP contribution >= 0.6 is 11.6 Å². The van der Waals surface area contributed by atoms with Gasteiger partial charge >= 0.3 is 18.2 Å². The Morgan fingerprint density at radius 2 is 1.65 bits per heavy atom. The largest absolute Gasteiger partial charge is 0.450 e. The highest BCUT2D eigenvalue weighted by Crippen LogP contribution is 2.72. The fourth-order valence-corrected chi connectivity index (χ4v) is 9.87. The van der Waals surface area contributed by atoms with Crippen molar-refractivity contribution in [3.63, 3.8) is 0 Å². The number of allylic oxidation sites excluding steroid dienone is 4. The lowest BCUT2D eigenvalue weighted by Gasteiger charge is -2.64. The van der Waals surface area contributed by atoms with Gasteiger partial charge in [-0.05, 0) is 67.4 Å². The van der Waals surface area contributed by atoms with E-state index in [9.17, 15) is 29.1 Å². The normalized spacial score (nSPS) is 33.6. The number of carbonyl (C=O) groups is 5. The third kappa shape index (κ3) is 6.43. The van der Waals surface area contributed by atoms with Crippen molar-refractivity contribution in [1.29, 1.82) is 0 Å². The highest BCUT2D eigenvalue weighted by Gasteiger charge is 2.76. The molecule has 0 bridgehead atoms. The lowest BCUT2D eigenvalue weighted by molar-refractivity contribution is -0.202. The second-order valence-electron chi connectivity index (χ2n) is 15.1. The Hall–Kier alpha value is -3.90. The molecule has 278 valence electrons. The lowest BCUT2D eigenvalue weighted by Crippen LogP contribution is -2.69. The number of alkyl halides is 1. The minimum absolute atomic E-state index is 0.0252. The van der Waals surface area contributed by atoms with E-state index in [-0.39, 0.29) is 50.2 Å². The van der Waals surface area contributed by atoms with Crippen molar-refractivity contribution < 1.29 is 43.3 Å². The number of nitrogens with zero attached hydrogens (tertiary/aromatic N) is 2. The molecule has 0 heterocycles. The van der Waals surface area contributed by atoms with E-state index in [2.05, 4.69) is 0 Å². The van der Waals surface area contributed by atoms with Crippen LogP contribution in [0.15, 0.2) is 48.1 Å². The molecule has 8 atom stereocenters. The van der Waals surface area contributed by atoms with Crippen LogP contribution in [0.2, 0.25) is 0 Å². The molecule has 13 heteroatoms. The molecule has 5 rings (SSSR count). The van der Waals surface area contributed by atoms with E-state index in [0.29, 0.717) is 24.9 Å². The lowest BCUT2D eigenvalue weighted by atomic mass is 9.45. The van der Waals surface area contributed by atoms with Crippen LogP contribution in [0.4, 0.5) is 15.3 Å². The molecule has 1 aromatic rings. The maximum absolute atomic E-state index is 14.4. The van der Waals surface area contributed by atoms with Crippen LogP contribution in [0, 0.1) is 28.6 Å². The van der Waals surface area contributed by atoms with Crippen molar-refractivity contribution in [3.8, 4) is 0 Å². The number of likely N-dealkylation sites (N-methyl/N-ethyl adjacent to an activating group) is 2. The van der Waals surface area contributed by atoms with Crippen molar-refractivity contribution >= 4 is 47.0 Å². The Kier molecular flexibility index (Phi) is 10.7. The molecular formula is C38H50ClN3O9. The minimum Gasteiger partial charge on any atom is -0.450 e. The average molecular weight is 728 g/mol. The van der Waals surface area contributed by atoms with Crippen molar-refractivity contribution in [2.24, 2.45) is 28.6 Å². The zero-order valence-corrected chi connectivity index (χ0v) is 31.0. The molecule has 3 N–H and O–H groups in total. The summed E-state index contributed by atoms with van der Waals surface area (Å²) in [5.41, 5.74) is 4.45. The summed E-state index contributed by atoms with van der Waals surface area (Å²) in [6, 6.07) is 6.95. The topological polar surface area (TPSA) is 166 Å². The van der Waals surface area contributed by atoms with E-state index < -0.39 is 63.9 Å². The highest BCUT2D eigenvalue weighted by molar-refractivity contribution is 6.26. The Bertz CT molecular complexity index is 1630. The van der Waals surface area contributed by atoms with Gasteiger partial charge in [0.05, 0.1) is 11.0 Å². The number of rotatable bonds is 10. The van der Waals surface area contributed by atoms with E-state index in [0.717, 1.165) is 11.1 Å². The van der Waals surface area contributed by atoms with Crippen LogP contribution in [-0.4, -0.2) is 95.0 Å². The third-order valence-corrected chi connectivity index (χ3v) is 13.1. The second kappa shape index (κ2) is 14.3. The van der Waals surface area contributed by atoms with Crippen LogP contribution in [0.5, 0.6) is 0 Å². The molecule has 0 spiro atoms. The van der Waals surface area contributed by atoms with Gasteiger partial charge in [0.2, 0.25) is 5.78 Å². The summed E-state index contributed by atoms with van der Waals surface area (Å²) in [7, 11) is 3.03. The van der Waals surface area contributed by atoms with Gasteiger partial charge in [-0.1, -0.05) is 51.5 Å². The molecule has 12 nitrogen and oxygen atoms in total. The van der Waals surface area contributed by atoms with Gasteiger partial charge in [-0.2, -0.15) is 0 Å². The number of benzene rings is 1. The van der Waals surface area contributed by atoms with Gasteiger partial charge < -0.3 is 34.9 Å². The summed E-state index contributed by atoms with van der Waals surface area (Å²) in [6.45, 7) is 6.97. The summed E-state index contributed by atoms with van der Waals surface area (Å²) in [6.07, 6.45) is 4.22. The molecule has 0 radical (unpaired) electrons. The van der Waals surface area contributed by atoms with Gasteiger partial charge in [0.15, 0.2) is 18.0 Å². The summed E-state index contributed by atoms with van der Waals surface area (Å²) >= 11 is 7.57. The van der Waals surface area contributed by atoms with Gasteiger partial charge in [-0.3, -0.25) is 14.4 Å². The monoisotopic (exact) mass is 727 g/mol. The Labute approximate surface area is 304 Å². The zero-order valence-electron chi connectivity index (χ0n) is 30.3. The van der Waals surface area contributed by atoms with E-state index >= 15 is 0 Å². The van der Waals surface area contributed by atoms with Gasteiger partial charge in [-0.15, -0.1) is 11.6 Å². The number of fused-ring (bicyclic) bond motifs is 5. The molecule has 1 unspecified atom stereocenters. The molecule has 3 fully saturated rings. The molecule has 0 aliphatic heterocycles. The minimum atomic E-state index is -1.69. The van der Waals surface area contributed by atoms with Crippen molar-refractivity contribution in [1.82, 2.24) is 9.80 Å². The maximum Gasteiger partial charge on any atom is 0.409 e. The molecule has 0 saturated heterocycles. The van der Waals surface area contributed by atoms with Crippen molar-refractivity contribution in [2.45, 2.75) is 83.0 Å². The number of anilines is 1. The van der Waals surface area contributed by atoms with Gasteiger partial charge in [0.1, 0.15) is 6.61 Å². The predicted octanol–water partition coefficient (Wildman–Crippen LogP) is 5.05. The average Bonchev–Trinajstić information content (AvgIpc) is 3.31. The second-order valence-corrected chi connectivity index (χ2v) is 15.7. The Morgan fingerprint density at radius 3 is 2.27 bits per heavy atom. The van der Waals surface area contributed by atoms with Crippen molar-refractivity contribution in [3.05, 3.63) is 53.6 Å². The smallest absolute Gasteiger partial charge is 0.409 e. The first-order valence-electron chi connectivity index (χ1n) is 17.6. The summed E-state index contributed by atoms with van der Waals surface area (Å²) in [5.74, 6) is -2.21. The van der Waals surface area contributed by atoms with Gasteiger partial charge in [0.25, 0.3) is 0 Å². The molecule has 51 heavy (non-hydrogen) atoms. The van der Waals surface area contributed by atoms with Crippen LogP contribution in [0.1, 0.15) is 65.4 Å². The van der Waals surface area contributed by atoms with Crippen LogP contribution < -0.4 is 5.73 Å². The molecule has 2 amide bonds. The number of halogens is 1. The van der Waals surface area contributed by atoms with Crippen molar-refractivity contribution in [2.75, 3.05) is 39.5 Å². The number of hydrogen-bond donors (Lipinski definition) is 2. The summed E-state index contributed by atoms with van der Waals surface area (Å²) in [5, 5.41) is 12.0. The maximum atomic E-state index is 14.4. The number of nitrogen functional groups attached to an aromatic ring is 1.